The molecule has 0 unspecified atom stereocenters. The van der Waals surface area contributed by atoms with Gasteiger partial charge in [-0.05, 0) is 89.9 Å². The number of ether oxygens (including phenoxy) is 2. The number of rotatable bonds is 8. The molecule has 3 aromatic carbocycles. The van der Waals surface area contributed by atoms with Gasteiger partial charge in [0.2, 0.25) is 0 Å². The number of halogens is 2. The average molecular weight is 567 g/mol. The van der Waals surface area contributed by atoms with E-state index in [4.69, 9.17) is 21.1 Å². The highest BCUT2D eigenvalue weighted by molar-refractivity contribution is 9.10. The molecule has 4 aromatic rings. The van der Waals surface area contributed by atoms with E-state index in [9.17, 15) is 4.79 Å². The minimum absolute atomic E-state index is 0.304. The topological polar surface area (TPSA) is 64.8 Å². The Kier molecular flexibility index (Phi) is 8.13. The van der Waals surface area contributed by atoms with Crippen molar-refractivity contribution in [3.8, 4) is 17.2 Å². The van der Waals surface area contributed by atoms with Crippen molar-refractivity contribution in [2.75, 3.05) is 7.11 Å². The van der Waals surface area contributed by atoms with Gasteiger partial charge in [-0.3, -0.25) is 4.79 Å². The molecule has 0 aliphatic rings. The zero-order valence-electron chi connectivity index (χ0n) is 20.1. The van der Waals surface area contributed by atoms with Crippen molar-refractivity contribution >= 4 is 39.7 Å². The lowest BCUT2D eigenvalue weighted by Crippen LogP contribution is -2.18. The van der Waals surface area contributed by atoms with Crippen LogP contribution in [-0.4, -0.2) is 23.8 Å². The number of nitrogens with one attached hydrogen (secondary N) is 1. The molecule has 36 heavy (non-hydrogen) atoms. The zero-order chi connectivity index (χ0) is 25.7. The first-order valence-corrected chi connectivity index (χ1v) is 12.4. The van der Waals surface area contributed by atoms with Gasteiger partial charge in [0.05, 0.1) is 13.3 Å². The number of methoxy groups -OCH3 is 1. The van der Waals surface area contributed by atoms with E-state index < -0.39 is 0 Å². The molecule has 184 valence electrons. The zero-order valence-corrected chi connectivity index (χ0v) is 22.4. The van der Waals surface area contributed by atoms with Crippen molar-refractivity contribution in [1.29, 1.82) is 0 Å². The Morgan fingerprint density at radius 2 is 1.75 bits per heavy atom. The number of carbonyl (C=O) groups excluding carboxylic acids is 1. The summed E-state index contributed by atoms with van der Waals surface area (Å²) < 4.78 is 14.3. The van der Waals surface area contributed by atoms with E-state index in [0.29, 0.717) is 28.7 Å². The molecule has 6 nitrogen and oxygen atoms in total. The van der Waals surface area contributed by atoms with Crippen LogP contribution in [0.1, 0.15) is 32.9 Å². The maximum Gasteiger partial charge on any atom is 0.271 e. The standard InChI is InChI=1S/C28H25BrClN3O3/c1-18-7-8-19(2)33(18)24-6-4-5-21(13-24)28(34)32-31-16-22-14-26(35-3)27(15-25(22)29)36-17-20-9-11-23(30)12-10-20/h4-16H,17H2,1-3H3,(H,32,34)/b31-16+. The molecule has 0 saturated heterocycles. The number of hydrazone groups is 1. The predicted molar refractivity (Wildman–Crippen MR) is 147 cm³/mol. The highest BCUT2D eigenvalue weighted by Gasteiger charge is 2.11. The SMILES string of the molecule is COc1cc(/C=N/NC(=O)c2cccc(-n3c(C)ccc3C)c2)c(Br)cc1OCc1ccc(Cl)cc1. The van der Waals surface area contributed by atoms with Gasteiger partial charge in [0.1, 0.15) is 6.61 Å². The maximum atomic E-state index is 12.7. The molecule has 0 aliphatic carbocycles. The average Bonchev–Trinajstić information content (AvgIpc) is 3.22. The lowest BCUT2D eigenvalue weighted by atomic mass is 10.2. The van der Waals surface area contributed by atoms with E-state index in [2.05, 4.69) is 31.0 Å². The highest BCUT2D eigenvalue weighted by atomic mass is 79.9. The van der Waals surface area contributed by atoms with E-state index in [1.165, 1.54) is 0 Å². The Hall–Kier alpha value is -3.55. The number of carbonyl (C=O) groups is 1. The van der Waals surface area contributed by atoms with Crippen molar-refractivity contribution in [3.05, 3.63) is 110 Å². The second kappa shape index (κ2) is 11.5. The number of benzene rings is 3. The quantitative estimate of drug-likeness (QED) is 0.187. The third-order valence-corrected chi connectivity index (χ3v) is 6.54. The lowest BCUT2D eigenvalue weighted by Gasteiger charge is -2.13. The summed E-state index contributed by atoms with van der Waals surface area (Å²) in [6.07, 6.45) is 1.55. The third-order valence-electron chi connectivity index (χ3n) is 5.60. The molecular formula is C28H25BrClN3O3. The van der Waals surface area contributed by atoms with Crippen LogP contribution in [0.15, 0.2) is 82.4 Å². The largest absolute Gasteiger partial charge is 0.493 e. The van der Waals surface area contributed by atoms with Crippen LogP contribution in [0.25, 0.3) is 5.69 Å². The van der Waals surface area contributed by atoms with Crippen LogP contribution in [-0.2, 0) is 6.61 Å². The van der Waals surface area contributed by atoms with Gasteiger partial charge in [-0.2, -0.15) is 5.10 Å². The molecule has 8 heteroatoms. The second-order valence-electron chi connectivity index (χ2n) is 8.14. The van der Waals surface area contributed by atoms with Gasteiger partial charge >= 0.3 is 0 Å². The summed E-state index contributed by atoms with van der Waals surface area (Å²) >= 11 is 9.49. The monoisotopic (exact) mass is 565 g/mol. The molecular weight excluding hydrogens is 542 g/mol. The molecule has 1 amide bonds. The summed E-state index contributed by atoms with van der Waals surface area (Å²) in [5.41, 5.74) is 7.94. The van der Waals surface area contributed by atoms with Crippen LogP contribution in [0, 0.1) is 13.8 Å². The first-order chi connectivity index (χ1) is 17.4. The molecule has 0 fully saturated rings. The molecule has 1 aromatic heterocycles. The minimum atomic E-state index is -0.304. The number of amides is 1. The number of aryl methyl sites for hydroxylation is 2. The second-order valence-corrected chi connectivity index (χ2v) is 9.43. The predicted octanol–water partition coefficient (Wildman–Crippen LogP) is 6.86. The summed E-state index contributed by atoms with van der Waals surface area (Å²) in [5, 5.41) is 4.82. The van der Waals surface area contributed by atoms with E-state index in [0.717, 1.165) is 32.7 Å². The molecule has 1 N–H and O–H groups in total. The normalized spacial score (nSPS) is 11.0. The number of aromatic nitrogens is 1. The van der Waals surface area contributed by atoms with Gasteiger partial charge in [-0.1, -0.05) is 29.8 Å². The minimum Gasteiger partial charge on any atom is -0.493 e. The van der Waals surface area contributed by atoms with Crippen LogP contribution in [0.5, 0.6) is 11.5 Å². The molecule has 0 radical (unpaired) electrons. The Balaban J connectivity index is 1.45. The summed E-state index contributed by atoms with van der Waals surface area (Å²) in [6.45, 7) is 4.43. The Morgan fingerprint density at radius 3 is 2.44 bits per heavy atom. The van der Waals surface area contributed by atoms with Crippen LogP contribution >= 0.6 is 27.5 Å². The first kappa shape index (κ1) is 25.5. The van der Waals surface area contributed by atoms with Gasteiger partial charge in [0, 0.05) is 37.7 Å². The Bertz CT molecular complexity index is 1390. The summed E-state index contributed by atoms with van der Waals surface area (Å²) in [4.78, 5) is 12.7. The summed E-state index contributed by atoms with van der Waals surface area (Å²) in [7, 11) is 1.57. The van der Waals surface area contributed by atoms with Crippen molar-refractivity contribution in [3.63, 3.8) is 0 Å². The Morgan fingerprint density at radius 1 is 1.03 bits per heavy atom. The molecule has 1 heterocycles. The van der Waals surface area contributed by atoms with Crippen LogP contribution < -0.4 is 14.9 Å². The fourth-order valence-electron chi connectivity index (χ4n) is 3.75. The van der Waals surface area contributed by atoms with E-state index in [-0.39, 0.29) is 5.91 Å². The molecule has 0 saturated carbocycles. The van der Waals surface area contributed by atoms with Crippen molar-refractivity contribution < 1.29 is 14.3 Å². The third kappa shape index (κ3) is 5.98. The van der Waals surface area contributed by atoms with Crippen LogP contribution in [0.2, 0.25) is 5.02 Å². The van der Waals surface area contributed by atoms with Gasteiger partial charge in [-0.25, -0.2) is 5.43 Å². The van der Waals surface area contributed by atoms with E-state index >= 15 is 0 Å². The lowest BCUT2D eigenvalue weighted by molar-refractivity contribution is 0.0955. The smallest absolute Gasteiger partial charge is 0.271 e. The van der Waals surface area contributed by atoms with Crippen molar-refractivity contribution in [2.45, 2.75) is 20.5 Å². The summed E-state index contributed by atoms with van der Waals surface area (Å²) in [5.74, 6) is 0.819. The fraction of sp³-hybridized carbons (Fsp3) is 0.143. The Labute approximate surface area is 223 Å². The molecule has 0 spiro atoms. The first-order valence-electron chi connectivity index (χ1n) is 11.2. The van der Waals surface area contributed by atoms with Crippen molar-refractivity contribution in [1.82, 2.24) is 9.99 Å². The number of nitrogens with zero attached hydrogens (tertiary/aromatic N) is 2. The van der Waals surface area contributed by atoms with Gasteiger partial charge in [0.15, 0.2) is 11.5 Å². The van der Waals surface area contributed by atoms with E-state index in [1.54, 1.807) is 25.5 Å². The van der Waals surface area contributed by atoms with Crippen LogP contribution in [0.3, 0.4) is 0 Å². The number of hydrogen-bond donors (Lipinski definition) is 1. The van der Waals surface area contributed by atoms with E-state index in [1.807, 2.05) is 74.5 Å². The molecule has 0 atom stereocenters. The van der Waals surface area contributed by atoms with Crippen molar-refractivity contribution in [2.24, 2.45) is 5.10 Å². The maximum absolute atomic E-state index is 12.7. The van der Waals surface area contributed by atoms with Gasteiger partial charge in [0.25, 0.3) is 5.91 Å². The van der Waals surface area contributed by atoms with Crippen LogP contribution in [0.4, 0.5) is 0 Å². The number of hydrogen-bond acceptors (Lipinski definition) is 4. The highest BCUT2D eigenvalue weighted by Crippen LogP contribution is 2.33. The molecule has 0 aliphatic heterocycles. The summed E-state index contributed by atoms with van der Waals surface area (Å²) in [6, 6.07) is 22.6. The molecule has 0 bridgehead atoms. The van der Waals surface area contributed by atoms with Gasteiger partial charge in [-0.15, -0.1) is 0 Å². The fourth-order valence-corrected chi connectivity index (χ4v) is 4.30. The molecule has 4 rings (SSSR count). The van der Waals surface area contributed by atoms with Gasteiger partial charge < -0.3 is 14.0 Å².